The van der Waals surface area contributed by atoms with E-state index in [0.29, 0.717) is 5.56 Å². The van der Waals surface area contributed by atoms with Crippen molar-refractivity contribution >= 4 is 18.3 Å². The Balaban J connectivity index is 0.00000289. The van der Waals surface area contributed by atoms with Gasteiger partial charge in [-0.2, -0.15) is 0 Å². The van der Waals surface area contributed by atoms with Crippen LogP contribution in [0.15, 0.2) is 24.3 Å². The summed E-state index contributed by atoms with van der Waals surface area (Å²) in [6, 6.07) is 5.83. The summed E-state index contributed by atoms with van der Waals surface area (Å²) in [5.74, 6) is -0.428. The van der Waals surface area contributed by atoms with Gasteiger partial charge in [-0.1, -0.05) is 38.5 Å². The van der Waals surface area contributed by atoms with E-state index in [1.54, 1.807) is 18.2 Å². The number of carbonyl (C=O) groups excluding carboxylic acids is 1. The lowest BCUT2D eigenvalue weighted by Crippen LogP contribution is -2.44. The normalized spacial score (nSPS) is 13.3. The van der Waals surface area contributed by atoms with Crippen molar-refractivity contribution in [2.75, 3.05) is 0 Å². The predicted octanol–water partition coefficient (Wildman–Crippen LogP) is 2.24. The summed E-state index contributed by atoms with van der Waals surface area (Å²) in [5, 5.41) is 2.65. The van der Waals surface area contributed by atoms with Crippen LogP contribution in [0.4, 0.5) is 4.39 Å². The topological polar surface area (TPSA) is 55.1 Å². The summed E-state index contributed by atoms with van der Waals surface area (Å²) in [6.07, 6.45) is 0.842. The maximum absolute atomic E-state index is 13.3. The third-order valence-corrected chi connectivity index (χ3v) is 2.97. The summed E-state index contributed by atoms with van der Waals surface area (Å²) in [4.78, 5) is 11.7. The van der Waals surface area contributed by atoms with Crippen LogP contribution in [0, 0.1) is 11.7 Å². The van der Waals surface area contributed by atoms with Crippen molar-refractivity contribution in [3.63, 3.8) is 0 Å². The number of rotatable bonds is 5. The van der Waals surface area contributed by atoms with Gasteiger partial charge in [-0.05, 0) is 12.0 Å². The summed E-state index contributed by atoms with van der Waals surface area (Å²) in [7, 11) is 0. The molecule has 102 valence electrons. The maximum atomic E-state index is 13.3. The van der Waals surface area contributed by atoms with E-state index in [1.165, 1.54) is 6.07 Å². The van der Waals surface area contributed by atoms with Gasteiger partial charge in [0.2, 0.25) is 5.91 Å². The molecule has 0 heterocycles. The Hall–Kier alpha value is -1.13. The molecule has 1 amide bonds. The maximum Gasteiger partial charge on any atom is 0.237 e. The molecule has 0 fully saturated rings. The lowest BCUT2D eigenvalue weighted by atomic mass is 9.99. The SMILES string of the molecule is CCC(C)C(N)C(=O)NCc1ccccc1F.Cl. The number of hydrogen-bond acceptors (Lipinski definition) is 2. The van der Waals surface area contributed by atoms with Gasteiger partial charge in [-0.3, -0.25) is 4.79 Å². The first-order valence-corrected chi connectivity index (χ1v) is 5.83. The second-order valence-corrected chi connectivity index (χ2v) is 4.22. The number of benzene rings is 1. The molecule has 3 N–H and O–H groups in total. The third-order valence-electron chi connectivity index (χ3n) is 2.97. The Labute approximate surface area is 113 Å². The highest BCUT2D eigenvalue weighted by Gasteiger charge is 2.19. The number of halogens is 2. The van der Waals surface area contributed by atoms with E-state index in [1.807, 2.05) is 13.8 Å². The minimum atomic E-state index is -0.535. The lowest BCUT2D eigenvalue weighted by Gasteiger charge is -2.17. The average molecular weight is 275 g/mol. The van der Waals surface area contributed by atoms with Gasteiger partial charge < -0.3 is 11.1 Å². The van der Waals surface area contributed by atoms with Gasteiger partial charge in [0.15, 0.2) is 0 Å². The number of carbonyl (C=O) groups is 1. The minimum absolute atomic E-state index is 0. The molecule has 18 heavy (non-hydrogen) atoms. The van der Waals surface area contributed by atoms with Crippen LogP contribution in [0.25, 0.3) is 0 Å². The summed E-state index contributed by atoms with van der Waals surface area (Å²) >= 11 is 0. The molecule has 0 radical (unpaired) electrons. The number of nitrogens with two attached hydrogens (primary N) is 1. The van der Waals surface area contributed by atoms with Crippen molar-refractivity contribution in [1.82, 2.24) is 5.32 Å². The van der Waals surface area contributed by atoms with E-state index in [-0.39, 0.29) is 36.6 Å². The van der Waals surface area contributed by atoms with Crippen LogP contribution < -0.4 is 11.1 Å². The highest BCUT2D eigenvalue weighted by atomic mass is 35.5. The van der Waals surface area contributed by atoms with Crippen molar-refractivity contribution in [2.24, 2.45) is 11.7 Å². The molecule has 1 aromatic rings. The highest BCUT2D eigenvalue weighted by molar-refractivity contribution is 5.85. The smallest absolute Gasteiger partial charge is 0.237 e. The van der Waals surface area contributed by atoms with Crippen LogP contribution in [0.5, 0.6) is 0 Å². The van der Waals surface area contributed by atoms with E-state index in [0.717, 1.165) is 6.42 Å². The molecule has 0 aliphatic carbocycles. The quantitative estimate of drug-likeness (QED) is 0.865. The molecule has 0 saturated carbocycles. The van der Waals surface area contributed by atoms with Crippen LogP contribution in [-0.4, -0.2) is 11.9 Å². The Morgan fingerprint density at radius 3 is 2.61 bits per heavy atom. The molecule has 5 heteroatoms. The zero-order valence-corrected chi connectivity index (χ0v) is 11.5. The van der Waals surface area contributed by atoms with E-state index in [2.05, 4.69) is 5.32 Å². The van der Waals surface area contributed by atoms with Gasteiger partial charge >= 0.3 is 0 Å². The van der Waals surface area contributed by atoms with Crippen LogP contribution >= 0.6 is 12.4 Å². The van der Waals surface area contributed by atoms with Gasteiger partial charge in [0.25, 0.3) is 0 Å². The van der Waals surface area contributed by atoms with Crippen LogP contribution in [-0.2, 0) is 11.3 Å². The van der Waals surface area contributed by atoms with E-state index >= 15 is 0 Å². The molecule has 0 spiro atoms. The van der Waals surface area contributed by atoms with Crippen molar-refractivity contribution in [3.05, 3.63) is 35.6 Å². The summed E-state index contributed by atoms with van der Waals surface area (Å²) < 4.78 is 13.3. The molecule has 0 aliphatic heterocycles. The molecule has 2 atom stereocenters. The zero-order valence-electron chi connectivity index (χ0n) is 10.7. The van der Waals surface area contributed by atoms with Crippen LogP contribution in [0.2, 0.25) is 0 Å². The third kappa shape index (κ3) is 4.63. The highest BCUT2D eigenvalue weighted by Crippen LogP contribution is 2.07. The van der Waals surface area contributed by atoms with Crippen molar-refractivity contribution in [3.8, 4) is 0 Å². The van der Waals surface area contributed by atoms with Gasteiger partial charge in [0.1, 0.15) is 5.82 Å². The number of hydrogen-bond donors (Lipinski definition) is 2. The van der Waals surface area contributed by atoms with E-state index in [9.17, 15) is 9.18 Å². The summed E-state index contributed by atoms with van der Waals surface area (Å²) in [5.41, 5.74) is 6.24. The molecule has 0 aromatic heterocycles. The lowest BCUT2D eigenvalue weighted by molar-refractivity contribution is -0.123. The Kier molecular flexibility index (Phi) is 7.55. The molecule has 0 saturated heterocycles. The molecule has 0 bridgehead atoms. The zero-order chi connectivity index (χ0) is 12.8. The fourth-order valence-corrected chi connectivity index (χ4v) is 1.45. The first-order valence-electron chi connectivity index (χ1n) is 5.83. The van der Waals surface area contributed by atoms with Gasteiger partial charge in [-0.25, -0.2) is 4.39 Å². The van der Waals surface area contributed by atoms with Crippen molar-refractivity contribution in [2.45, 2.75) is 32.9 Å². The molecular formula is C13H20ClFN2O. The molecule has 0 aliphatic rings. The van der Waals surface area contributed by atoms with Crippen molar-refractivity contribution < 1.29 is 9.18 Å². The second kappa shape index (κ2) is 8.06. The molecule has 1 aromatic carbocycles. The first-order chi connectivity index (χ1) is 8.06. The first kappa shape index (κ1) is 16.9. The van der Waals surface area contributed by atoms with Gasteiger partial charge in [0.05, 0.1) is 6.04 Å². The fraction of sp³-hybridized carbons (Fsp3) is 0.462. The predicted molar refractivity (Wildman–Crippen MR) is 72.9 cm³/mol. The number of nitrogens with one attached hydrogen (secondary N) is 1. The Bertz CT molecular complexity index is 387. The standard InChI is InChI=1S/C13H19FN2O.ClH/c1-3-9(2)12(15)13(17)16-8-10-6-4-5-7-11(10)14;/h4-7,9,12H,3,8,15H2,1-2H3,(H,16,17);1H. The Morgan fingerprint density at radius 1 is 1.44 bits per heavy atom. The summed E-state index contributed by atoms with van der Waals surface area (Å²) in [6.45, 7) is 4.08. The van der Waals surface area contributed by atoms with Gasteiger partial charge in [0, 0.05) is 12.1 Å². The van der Waals surface area contributed by atoms with E-state index in [4.69, 9.17) is 5.73 Å². The molecule has 1 rings (SSSR count). The van der Waals surface area contributed by atoms with Crippen molar-refractivity contribution in [1.29, 1.82) is 0 Å². The van der Waals surface area contributed by atoms with E-state index < -0.39 is 6.04 Å². The number of amides is 1. The molecule has 2 unspecified atom stereocenters. The largest absolute Gasteiger partial charge is 0.351 e. The monoisotopic (exact) mass is 274 g/mol. The van der Waals surface area contributed by atoms with Gasteiger partial charge in [-0.15, -0.1) is 12.4 Å². The van der Waals surface area contributed by atoms with Crippen LogP contribution in [0.1, 0.15) is 25.8 Å². The Morgan fingerprint density at radius 2 is 2.06 bits per heavy atom. The molecule has 3 nitrogen and oxygen atoms in total. The second-order valence-electron chi connectivity index (χ2n) is 4.22. The fourth-order valence-electron chi connectivity index (χ4n) is 1.45. The average Bonchev–Trinajstić information content (AvgIpc) is 2.35. The van der Waals surface area contributed by atoms with Crippen LogP contribution in [0.3, 0.4) is 0 Å². The minimum Gasteiger partial charge on any atom is -0.351 e. The molecular weight excluding hydrogens is 255 g/mol.